The molecule has 0 aliphatic heterocycles. The average molecular weight is 389 g/mol. The summed E-state index contributed by atoms with van der Waals surface area (Å²) in [6, 6.07) is 0. The Bertz CT molecular complexity index is 229. The Labute approximate surface area is 126 Å². The van der Waals surface area contributed by atoms with E-state index in [1.807, 2.05) is 0 Å². The zero-order valence-electron chi connectivity index (χ0n) is 10.8. The summed E-state index contributed by atoms with van der Waals surface area (Å²) in [6.45, 7) is 2.57. The summed E-state index contributed by atoms with van der Waals surface area (Å²) < 4.78 is 20.8. The van der Waals surface area contributed by atoms with Crippen LogP contribution in [0.15, 0.2) is 0 Å². The van der Waals surface area contributed by atoms with E-state index in [1.54, 1.807) is 0 Å². The van der Waals surface area contributed by atoms with Gasteiger partial charge in [-0.15, -0.1) is 0 Å². The van der Waals surface area contributed by atoms with E-state index in [9.17, 15) is 9.59 Å². The molecular weight excluding hydrogens is 369 g/mol. The highest BCUT2D eigenvalue weighted by Crippen LogP contribution is 1.84. The van der Waals surface area contributed by atoms with E-state index in [0.29, 0.717) is 50.5 Å². The van der Waals surface area contributed by atoms with E-state index >= 15 is 0 Å². The van der Waals surface area contributed by atoms with Crippen LogP contribution in [0.4, 0.5) is 0 Å². The van der Waals surface area contributed by atoms with Gasteiger partial charge in [-0.1, -0.05) is 22.6 Å². The molecular formula is C11H20INO6. The summed E-state index contributed by atoms with van der Waals surface area (Å²) in [7, 11) is 0. The highest BCUT2D eigenvalue weighted by molar-refractivity contribution is 14.1. The minimum atomic E-state index is -0.185. The molecule has 0 spiro atoms. The second kappa shape index (κ2) is 15.8. The van der Waals surface area contributed by atoms with Crippen LogP contribution >= 0.6 is 22.6 Å². The van der Waals surface area contributed by atoms with Crippen molar-refractivity contribution in [3.63, 3.8) is 0 Å². The monoisotopic (exact) mass is 389 g/mol. The van der Waals surface area contributed by atoms with Gasteiger partial charge in [0.05, 0.1) is 37.6 Å². The number of nitrogens with one attached hydrogen (secondary N) is 1. The fraction of sp³-hybridized carbons (Fsp3) is 0.818. The van der Waals surface area contributed by atoms with Crippen molar-refractivity contribution >= 4 is 34.8 Å². The summed E-state index contributed by atoms with van der Waals surface area (Å²) >= 11 is 2.09. The number of carbonyl (C=O) groups is 2. The van der Waals surface area contributed by atoms with Crippen LogP contribution in [0.25, 0.3) is 0 Å². The van der Waals surface area contributed by atoms with Crippen molar-refractivity contribution in [1.82, 2.24) is 5.32 Å². The molecule has 1 amide bonds. The van der Waals surface area contributed by atoms with Gasteiger partial charge in [0.25, 0.3) is 0 Å². The van der Waals surface area contributed by atoms with Gasteiger partial charge in [-0.05, 0) is 0 Å². The van der Waals surface area contributed by atoms with Crippen molar-refractivity contribution in [2.24, 2.45) is 0 Å². The lowest BCUT2D eigenvalue weighted by atomic mass is 10.6. The standard InChI is InChI=1S/C11H20INO6/c12-10-19-8-7-18-9-11(15)13-1-3-16-5-6-17-4-2-14/h2H,1,3-10H2,(H,13,15). The van der Waals surface area contributed by atoms with Crippen LogP contribution in [0.2, 0.25) is 0 Å². The lowest BCUT2D eigenvalue weighted by Gasteiger charge is -2.07. The van der Waals surface area contributed by atoms with Crippen LogP contribution in [0.1, 0.15) is 0 Å². The molecule has 0 aromatic rings. The Kier molecular flexibility index (Phi) is 15.5. The Morgan fingerprint density at radius 1 is 1.00 bits per heavy atom. The van der Waals surface area contributed by atoms with Crippen molar-refractivity contribution in [2.75, 3.05) is 57.4 Å². The van der Waals surface area contributed by atoms with Gasteiger partial charge in [-0.3, -0.25) is 4.79 Å². The molecule has 0 aromatic carbocycles. The molecule has 1 N–H and O–H groups in total. The maximum absolute atomic E-state index is 11.3. The van der Waals surface area contributed by atoms with Crippen molar-refractivity contribution in [1.29, 1.82) is 0 Å². The number of aldehydes is 1. The third-order valence-electron chi connectivity index (χ3n) is 1.81. The zero-order valence-corrected chi connectivity index (χ0v) is 12.9. The minimum Gasteiger partial charge on any atom is -0.377 e. The van der Waals surface area contributed by atoms with Gasteiger partial charge in [0.2, 0.25) is 5.91 Å². The van der Waals surface area contributed by atoms with Crippen molar-refractivity contribution in [3.8, 4) is 0 Å². The first kappa shape index (κ1) is 18.7. The second-order valence-electron chi connectivity index (χ2n) is 3.27. The van der Waals surface area contributed by atoms with Crippen molar-refractivity contribution in [3.05, 3.63) is 0 Å². The number of ether oxygens (including phenoxy) is 4. The molecule has 0 fully saturated rings. The Morgan fingerprint density at radius 2 is 1.68 bits per heavy atom. The molecule has 8 heteroatoms. The second-order valence-corrected chi connectivity index (χ2v) is 3.90. The first-order valence-corrected chi connectivity index (χ1v) is 7.41. The largest absolute Gasteiger partial charge is 0.377 e. The van der Waals surface area contributed by atoms with Crippen LogP contribution in [-0.4, -0.2) is 69.6 Å². The zero-order chi connectivity index (χ0) is 14.2. The van der Waals surface area contributed by atoms with Crippen molar-refractivity contribution < 1.29 is 28.5 Å². The summed E-state index contributed by atoms with van der Waals surface area (Å²) in [6.07, 6.45) is 0.686. The molecule has 0 unspecified atom stereocenters. The molecule has 19 heavy (non-hydrogen) atoms. The number of rotatable bonds is 14. The Morgan fingerprint density at radius 3 is 2.42 bits per heavy atom. The Balaban J connectivity index is 3.13. The number of halogens is 1. The van der Waals surface area contributed by atoms with Gasteiger partial charge >= 0.3 is 0 Å². The molecule has 112 valence electrons. The van der Waals surface area contributed by atoms with Gasteiger partial charge in [-0.25, -0.2) is 0 Å². The van der Waals surface area contributed by atoms with E-state index in [1.165, 1.54) is 0 Å². The number of hydrogen-bond acceptors (Lipinski definition) is 6. The predicted molar refractivity (Wildman–Crippen MR) is 76.4 cm³/mol. The minimum absolute atomic E-state index is 0.0209. The molecule has 0 bridgehead atoms. The molecule has 0 aliphatic rings. The molecule has 0 radical (unpaired) electrons. The normalized spacial score (nSPS) is 10.4. The Hall–Kier alpha value is -0.290. The predicted octanol–water partition coefficient (Wildman–Crippen LogP) is -0.240. The van der Waals surface area contributed by atoms with E-state index in [-0.39, 0.29) is 19.1 Å². The highest BCUT2D eigenvalue weighted by atomic mass is 127. The van der Waals surface area contributed by atoms with Crippen LogP contribution in [-0.2, 0) is 28.5 Å². The van der Waals surface area contributed by atoms with Crippen LogP contribution in [0.3, 0.4) is 0 Å². The quantitative estimate of drug-likeness (QED) is 0.191. The lowest BCUT2D eigenvalue weighted by Crippen LogP contribution is -2.31. The van der Waals surface area contributed by atoms with E-state index in [2.05, 4.69) is 27.9 Å². The molecule has 0 saturated carbocycles. The van der Waals surface area contributed by atoms with Gasteiger partial charge in [0.15, 0.2) is 0 Å². The van der Waals surface area contributed by atoms with E-state index < -0.39 is 0 Å². The van der Waals surface area contributed by atoms with Gasteiger partial charge < -0.3 is 29.1 Å². The smallest absolute Gasteiger partial charge is 0.246 e. The number of carbonyl (C=O) groups excluding carboxylic acids is 2. The molecule has 0 aliphatic carbocycles. The average Bonchev–Trinajstić information content (AvgIpc) is 2.41. The summed E-state index contributed by atoms with van der Waals surface area (Å²) in [5.41, 5.74) is 0. The molecule has 0 aromatic heterocycles. The first-order valence-electron chi connectivity index (χ1n) is 5.88. The fourth-order valence-corrected chi connectivity index (χ4v) is 1.31. The molecule has 0 heterocycles. The molecule has 0 atom stereocenters. The third-order valence-corrected chi connectivity index (χ3v) is 2.25. The summed E-state index contributed by atoms with van der Waals surface area (Å²) in [4.78, 5) is 21.2. The highest BCUT2D eigenvalue weighted by Gasteiger charge is 2.00. The van der Waals surface area contributed by atoms with Crippen molar-refractivity contribution in [2.45, 2.75) is 0 Å². The number of amides is 1. The topological polar surface area (TPSA) is 83.1 Å². The maximum atomic E-state index is 11.3. The molecule has 0 rings (SSSR count). The van der Waals surface area contributed by atoms with E-state index in [4.69, 9.17) is 18.9 Å². The van der Waals surface area contributed by atoms with Crippen LogP contribution in [0, 0.1) is 0 Å². The fourth-order valence-electron chi connectivity index (χ4n) is 1.00. The number of alkyl halides is 1. The molecule has 7 nitrogen and oxygen atoms in total. The SMILES string of the molecule is O=CCOCCOCCNC(=O)COCCOCI. The molecule has 0 saturated heterocycles. The first-order chi connectivity index (χ1) is 9.31. The van der Waals surface area contributed by atoms with Gasteiger partial charge in [0.1, 0.15) is 19.5 Å². The summed E-state index contributed by atoms with van der Waals surface area (Å²) in [5.74, 6) is -0.185. The number of hydrogen-bond donors (Lipinski definition) is 1. The summed E-state index contributed by atoms with van der Waals surface area (Å²) in [5, 5.41) is 2.65. The van der Waals surface area contributed by atoms with Gasteiger partial charge in [0, 0.05) is 6.54 Å². The van der Waals surface area contributed by atoms with Crippen LogP contribution in [0.5, 0.6) is 0 Å². The third kappa shape index (κ3) is 15.7. The van der Waals surface area contributed by atoms with Crippen LogP contribution < -0.4 is 5.32 Å². The maximum Gasteiger partial charge on any atom is 0.246 e. The van der Waals surface area contributed by atoms with Gasteiger partial charge in [-0.2, -0.15) is 0 Å². The van der Waals surface area contributed by atoms with E-state index in [0.717, 1.165) is 0 Å². The lowest BCUT2D eigenvalue weighted by molar-refractivity contribution is -0.126.